The molecule has 0 spiro atoms. The van der Waals surface area contributed by atoms with E-state index in [-0.39, 0.29) is 12.0 Å². The Hall–Kier alpha value is -2.12. The van der Waals surface area contributed by atoms with Gasteiger partial charge >= 0.3 is 6.09 Å². The van der Waals surface area contributed by atoms with E-state index in [1.54, 1.807) is 27.3 Å². The van der Waals surface area contributed by atoms with E-state index in [1.165, 1.54) is 11.3 Å². The number of ether oxygens (including phenoxy) is 1. The summed E-state index contributed by atoms with van der Waals surface area (Å²) in [5, 5.41) is 3.22. The second kappa shape index (κ2) is 8.71. The third-order valence-corrected chi connectivity index (χ3v) is 5.32. The maximum atomic E-state index is 12.7. The Labute approximate surface area is 167 Å². The van der Waals surface area contributed by atoms with Crippen LogP contribution in [0, 0.1) is 5.92 Å². The van der Waals surface area contributed by atoms with Gasteiger partial charge in [-0.25, -0.2) is 9.78 Å². The molecular weight excluding hydrogens is 386 g/mol. The smallest absolute Gasteiger partial charge is 0.409 e. The Morgan fingerprint density at radius 2 is 1.78 bits per heavy atom. The first-order valence-electron chi connectivity index (χ1n) is 8.86. The number of thiazole rings is 1. The molecule has 8 heteroatoms. The minimum atomic E-state index is -0.311. The van der Waals surface area contributed by atoms with Crippen LogP contribution in [0.25, 0.3) is 10.6 Å². The molecule has 2 amide bonds. The van der Waals surface area contributed by atoms with Gasteiger partial charge in [-0.05, 0) is 18.1 Å². The highest BCUT2D eigenvalue weighted by Gasteiger charge is 2.27. The van der Waals surface area contributed by atoms with Crippen LogP contribution in [0.5, 0.6) is 0 Å². The Morgan fingerprint density at radius 1 is 1.15 bits per heavy atom. The number of aromatic nitrogens is 1. The number of rotatable bonds is 4. The topological polar surface area (TPSA) is 62.7 Å². The molecule has 1 aromatic heterocycles. The van der Waals surface area contributed by atoms with Crippen LogP contribution in [0.1, 0.15) is 24.3 Å². The highest BCUT2D eigenvalue weighted by Crippen LogP contribution is 2.25. The molecule has 1 fully saturated rings. The van der Waals surface area contributed by atoms with Crippen LogP contribution in [0.3, 0.4) is 0 Å². The fraction of sp³-hybridized carbons (Fsp3) is 0.421. The maximum Gasteiger partial charge on any atom is 0.409 e. The molecule has 0 radical (unpaired) electrons. The van der Waals surface area contributed by atoms with Crippen LogP contribution in [-0.4, -0.2) is 59.6 Å². The van der Waals surface area contributed by atoms with Crippen molar-refractivity contribution in [2.75, 3.05) is 32.8 Å². The molecule has 2 aromatic rings. The van der Waals surface area contributed by atoms with Gasteiger partial charge in [-0.15, -0.1) is 11.3 Å². The number of amides is 2. The van der Waals surface area contributed by atoms with Crippen molar-refractivity contribution in [2.45, 2.75) is 13.8 Å². The molecule has 3 rings (SSSR count). The normalized spacial score (nSPS) is 14.5. The lowest BCUT2D eigenvalue weighted by Gasteiger charge is -2.33. The summed E-state index contributed by atoms with van der Waals surface area (Å²) in [5.41, 5.74) is 1.36. The van der Waals surface area contributed by atoms with Crippen molar-refractivity contribution in [1.29, 1.82) is 0 Å². The van der Waals surface area contributed by atoms with Crippen molar-refractivity contribution in [3.05, 3.63) is 40.4 Å². The minimum absolute atomic E-state index is 0.110. The summed E-state index contributed by atoms with van der Waals surface area (Å²) in [6.07, 6.45) is -0.311. The number of benzene rings is 1. The molecular formula is C19H22ClN3O3S. The first-order chi connectivity index (χ1) is 12.9. The fourth-order valence-electron chi connectivity index (χ4n) is 2.68. The average molecular weight is 408 g/mol. The zero-order valence-corrected chi connectivity index (χ0v) is 16.9. The van der Waals surface area contributed by atoms with Gasteiger partial charge in [0.25, 0.3) is 5.91 Å². The van der Waals surface area contributed by atoms with E-state index >= 15 is 0 Å². The highest BCUT2D eigenvalue weighted by atomic mass is 35.5. The number of halogens is 1. The largest absolute Gasteiger partial charge is 0.449 e. The summed E-state index contributed by atoms with van der Waals surface area (Å²) in [6.45, 7) is 6.29. The van der Waals surface area contributed by atoms with Crippen LogP contribution in [-0.2, 0) is 4.74 Å². The number of nitrogens with zero attached hydrogens (tertiary/aromatic N) is 3. The second-order valence-corrected chi connectivity index (χ2v) is 8.09. The van der Waals surface area contributed by atoms with E-state index in [4.69, 9.17) is 16.3 Å². The van der Waals surface area contributed by atoms with Crippen LogP contribution in [0.2, 0.25) is 5.02 Å². The van der Waals surface area contributed by atoms with E-state index < -0.39 is 0 Å². The Balaban J connectivity index is 1.57. The van der Waals surface area contributed by atoms with Gasteiger partial charge in [-0.1, -0.05) is 37.6 Å². The Morgan fingerprint density at radius 3 is 2.41 bits per heavy atom. The van der Waals surface area contributed by atoms with Crippen molar-refractivity contribution >= 4 is 34.9 Å². The van der Waals surface area contributed by atoms with E-state index in [2.05, 4.69) is 4.98 Å². The Bertz CT molecular complexity index is 799. The predicted molar refractivity (Wildman–Crippen MR) is 106 cm³/mol. The first-order valence-corrected chi connectivity index (χ1v) is 10.1. The summed E-state index contributed by atoms with van der Waals surface area (Å²) in [7, 11) is 0. The zero-order valence-electron chi connectivity index (χ0n) is 15.4. The number of piperazine rings is 1. The molecule has 0 unspecified atom stereocenters. The van der Waals surface area contributed by atoms with Gasteiger partial charge < -0.3 is 14.5 Å². The minimum Gasteiger partial charge on any atom is -0.449 e. The number of carbonyl (C=O) groups is 2. The third kappa shape index (κ3) is 4.99. The standard InChI is InChI=1S/C19H22ClN3O3S/c1-13(2)11-26-19(25)23-9-7-22(8-10-23)18(24)16-12-27-17(21-16)14-3-5-15(20)6-4-14/h3-6,12-13H,7-11H2,1-2H3. The van der Waals surface area contributed by atoms with Crippen LogP contribution in [0.15, 0.2) is 29.6 Å². The molecule has 1 aliphatic heterocycles. The third-order valence-electron chi connectivity index (χ3n) is 4.18. The van der Waals surface area contributed by atoms with Crippen molar-refractivity contribution < 1.29 is 14.3 Å². The van der Waals surface area contributed by atoms with E-state index in [0.29, 0.717) is 49.4 Å². The van der Waals surface area contributed by atoms with Gasteiger partial charge in [-0.2, -0.15) is 0 Å². The Kier molecular flexibility index (Phi) is 6.34. The second-order valence-electron chi connectivity index (χ2n) is 6.79. The zero-order chi connectivity index (χ0) is 19.4. The van der Waals surface area contributed by atoms with Crippen molar-refractivity contribution in [3.63, 3.8) is 0 Å². The molecule has 6 nitrogen and oxygen atoms in total. The molecule has 27 heavy (non-hydrogen) atoms. The molecule has 1 aliphatic rings. The maximum absolute atomic E-state index is 12.7. The van der Waals surface area contributed by atoms with Crippen LogP contribution in [0.4, 0.5) is 4.79 Å². The molecule has 144 valence electrons. The van der Waals surface area contributed by atoms with Crippen LogP contribution < -0.4 is 0 Å². The molecule has 2 heterocycles. The summed E-state index contributed by atoms with van der Waals surface area (Å²) in [6, 6.07) is 7.38. The SMILES string of the molecule is CC(C)COC(=O)N1CCN(C(=O)c2csc(-c3ccc(Cl)cc3)n2)CC1. The molecule has 0 bridgehead atoms. The molecule has 0 saturated carbocycles. The van der Waals surface area contributed by atoms with E-state index in [0.717, 1.165) is 10.6 Å². The van der Waals surface area contributed by atoms with E-state index in [1.807, 2.05) is 26.0 Å². The lowest BCUT2D eigenvalue weighted by Crippen LogP contribution is -2.50. The monoisotopic (exact) mass is 407 g/mol. The van der Waals surface area contributed by atoms with Gasteiger partial charge in [0.15, 0.2) is 0 Å². The summed E-state index contributed by atoms with van der Waals surface area (Å²) in [4.78, 5) is 32.6. The molecule has 0 N–H and O–H groups in total. The highest BCUT2D eigenvalue weighted by molar-refractivity contribution is 7.13. The van der Waals surface area contributed by atoms with Gasteiger partial charge in [-0.3, -0.25) is 4.79 Å². The summed E-state index contributed by atoms with van der Waals surface area (Å²) in [5.74, 6) is 0.193. The first kappa shape index (κ1) is 19.6. The lowest BCUT2D eigenvalue weighted by molar-refractivity contribution is 0.0532. The number of hydrogen-bond acceptors (Lipinski definition) is 5. The quantitative estimate of drug-likeness (QED) is 0.768. The molecule has 1 aromatic carbocycles. The van der Waals surface area contributed by atoms with Gasteiger partial charge in [0.1, 0.15) is 10.7 Å². The average Bonchev–Trinajstić information content (AvgIpc) is 3.16. The fourth-order valence-corrected chi connectivity index (χ4v) is 3.61. The number of hydrogen-bond donors (Lipinski definition) is 0. The molecule has 0 aliphatic carbocycles. The lowest BCUT2D eigenvalue weighted by atomic mass is 10.2. The van der Waals surface area contributed by atoms with Gasteiger partial charge in [0, 0.05) is 42.1 Å². The van der Waals surface area contributed by atoms with E-state index in [9.17, 15) is 9.59 Å². The number of carbonyl (C=O) groups excluding carboxylic acids is 2. The summed E-state index contributed by atoms with van der Waals surface area (Å²) < 4.78 is 5.25. The molecule has 0 atom stereocenters. The summed E-state index contributed by atoms with van der Waals surface area (Å²) >= 11 is 7.34. The van der Waals surface area contributed by atoms with Crippen LogP contribution >= 0.6 is 22.9 Å². The van der Waals surface area contributed by atoms with Crippen molar-refractivity contribution in [1.82, 2.24) is 14.8 Å². The predicted octanol–water partition coefficient (Wildman–Crippen LogP) is 4.01. The van der Waals surface area contributed by atoms with Crippen molar-refractivity contribution in [2.24, 2.45) is 5.92 Å². The van der Waals surface area contributed by atoms with Gasteiger partial charge in [0.05, 0.1) is 6.61 Å². The molecule has 1 saturated heterocycles. The van der Waals surface area contributed by atoms with Crippen molar-refractivity contribution in [3.8, 4) is 10.6 Å². The van der Waals surface area contributed by atoms with Gasteiger partial charge in [0.2, 0.25) is 0 Å².